The van der Waals surface area contributed by atoms with E-state index >= 15 is 0 Å². The van der Waals surface area contributed by atoms with Gasteiger partial charge >= 0.3 is 6.03 Å². The minimum atomic E-state index is -0.281. The Bertz CT molecular complexity index is 836. The third-order valence-electron chi connectivity index (χ3n) is 3.43. The van der Waals surface area contributed by atoms with E-state index in [0.29, 0.717) is 23.0 Å². The summed E-state index contributed by atoms with van der Waals surface area (Å²) in [6, 6.07) is 23.8. The molecule has 0 aromatic heterocycles. The lowest BCUT2D eigenvalue weighted by Crippen LogP contribution is -2.28. The maximum atomic E-state index is 12.0. The van der Waals surface area contributed by atoms with Crippen LogP contribution in [0.1, 0.15) is 5.56 Å². The van der Waals surface area contributed by atoms with Crippen LogP contribution in [0.3, 0.4) is 0 Å². The van der Waals surface area contributed by atoms with Crippen LogP contribution in [0.5, 0.6) is 11.5 Å². The van der Waals surface area contributed by atoms with E-state index in [1.54, 1.807) is 30.3 Å². The van der Waals surface area contributed by atoms with Gasteiger partial charge < -0.3 is 15.4 Å². The van der Waals surface area contributed by atoms with Gasteiger partial charge in [0.15, 0.2) is 0 Å². The molecule has 3 aromatic carbocycles. The van der Waals surface area contributed by atoms with Gasteiger partial charge in [-0.2, -0.15) is 0 Å². The molecule has 0 spiro atoms. The Kier molecular flexibility index (Phi) is 5.54. The van der Waals surface area contributed by atoms with E-state index in [0.717, 1.165) is 11.3 Å². The first-order valence-corrected chi connectivity index (χ1v) is 8.19. The fourth-order valence-electron chi connectivity index (χ4n) is 2.24. The largest absolute Gasteiger partial charge is 0.457 e. The number of amides is 2. The highest BCUT2D eigenvalue weighted by molar-refractivity contribution is 6.30. The molecule has 126 valence electrons. The molecule has 4 nitrogen and oxygen atoms in total. The van der Waals surface area contributed by atoms with Gasteiger partial charge in [0, 0.05) is 17.3 Å². The number of para-hydroxylation sites is 1. The number of halogens is 1. The second kappa shape index (κ2) is 8.22. The van der Waals surface area contributed by atoms with Gasteiger partial charge in [-0.15, -0.1) is 0 Å². The summed E-state index contributed by atoms with van der Waals surface area (Å²) >= 11 is 5.92. The number of hydrogen-bond donors (Lipinski definition) is 2. The molecule has 3 aromatic rings. The van der Waals surface area contributed by atoms with Crippen LogP contribution in [-0.2, 0) is 6.54 Å². The van der Waals surface area contributed by atoms with Gasteiger partial charge in [0.25, 0.3) is 0 Å². The average molecular weight is 353 g/mol. The molecule has 0 atom stereocenters. The van der Waals surface area contributed by atoms with Crippen LogP contribution in [0.25, 0.3) is 0 Å². The van der Waals surface area contributed by atoms with Crippen LogP contribution in [0.15, 0.2) is 78.9 Å². The van der Waals surface area contributed by atoms with Crippen LogP contribution < -0.4 is 15.4 Å². The molecule has 0 fully saturated rings. The topological polar surface area (TPSA) is 50.4 Å². The summed E-state index contributed by atoms with van der Waals surface area (Å²) in [5.41, 5.74) is 1.62. The summed E-state index contributed by atoms with van der Waals surface area (Å²) in [6.45, 7) is 0.404. The highest BCUT2D eigenvalue weighted by Gasteiger charge is 2.03. The summed E-state index contributed by atoms with van der Waals surface area (Å²) in [5.74, 6) is 1.47. The Balaban J connectivity index is 1.51. The van der Waals surface area contributed by atoms with Crippen molar-refractivity contribution in [3.63, 3.8) is 0 Å². The summed E-state index contributed by atoms with van der Waals surface area (Å²) < 4.78 is 5.71. The first kappa shape index (κ1) is 16.9. The van der Waals surface area contributed by atoms with E-state index in [1.165, 1.54) is 0 Å². The number of nitrogens with one attached hydrogen (secondary N) is 2. The highest BCUT2D eigenvalue weighted by atomic mass is 35.5. The van der Waals surface area contributed by atoms with Gasteiger partial charge in [-0.1, -0.05) is 41.9 Å². The van der Waals surface area contributed by atoms with Crippen LogP contribution in [-0.4, -0.2) is 6.03 Å². The Hall–Kier alpha value is -2.98. The molecule has 2 amide bonds. The molecule has 25 heavy (non-hydrogen) atoms. The van der Waals surface area contributed by atoms with E-state index in [1.807, 2.05) is 48.5 Å². The van der Waals surface area contributed by atoms with Gasteiger partial charge in [0.1, 0.15) is 11.5 Å². The van der Waals surface area contributed by atoms with Crippen LogP contribution in [0.2, 0.25) is 5.02 Å². The Morgan fingerprint density at radius 1 is 0.880 bits per heavy atom. The molecular formula is C20H17ClN2O2. The normalized spacial score (nSPS) is 10.1. The zero-order valence-corrected chi connectivity index (χ0v) is 14.2. The predicted molar refractivity (Wildman–Crippen MR) is 100 cm³/mol. The van der Waals surface area contributed by atoms with E-state index < -0.39 is 0 Å². The van der Waals surface area contributed by atoms with Crippen molar-refractivity contribution < 1.29 is 9.53 Å². The third kappa shape index (κ3) is 5.26. The lowest BCUT2D eigenvalue weighted by atomic mass is 10.2. The van der Waals surface area contributed by atoms with Gasteiger partial charge in [-0.3, -0.25) is 0 Å². The second-order valence-electron chi connectivity index (χ2n) is 5.38. The van der Waals surface area contributed by atoms with Gasteiger partial charge in [0.2, 0.25) is 0 Å². The SMILES string of the molecule is O=C(NCc1cccc(Cl)c1)Nc1ccc(Oc2ccccc2)cc1. The van der Waals surface area contributed by atoms with Crippen LogP contribution in [0.4, 0.5) is 10.5 Å². The van der Waals surface area contributed by atoms with Crippen molar-refractivity contribution in [3.8, 4) is 11.5 Å². The maximum Gasteiger partial charge on any atom is 0.319 e. The zero-order valence-electron chi connectivity index (χ0n) is 13.4. The number of benzene rings is 3. The highest BCUT2D eigenvalue weighted by Crippen LogP contribution is 2.22. The molecule has 0 saturated carbocycles. The van der Waals surface area contributed by atoms with Crippen molar-refractivity contribution in [2.45, 2.75) is 6.54 Å². The minimum absolute atomic E-state index is 0.281. The molecule has 2 N–H and O–H groups in total. The third-order valence-corrected chi connectivity index (χ3v) is 3.67. The fourth-order valence-corrected chi connectivity index (χ4v) is 2.45. The number of rotatable bonds is 5. The van der Waals surface area contributed by atoms with Gasteiger partial charge in [0.05, 0.1) is 0 Å². The second-order valence-corrected chi connectivity index (χ2v) is 5.81. The van der Waals surface area contributed by atoms with Crippen molar-refractivity contribution in [1.29, 1.82) is 0 Å². The number of carbonyl (C=O) groups is 1. The fraction of sp³-hybridized carbons (Fsp3) is 0.0500. The molecule has 0 radical (unpaired) electrons. The van der Waals surface area contributed by atoms with E-state index in [4.69, 9.17) is 16.3 Å². The smallest absolute Gasteiger partial charge is 0.319 e. The van der Waals surface area contributed by atoms with Gasteiger partial charge in [-0.05, 0) is 54.1 Å². The predicted octanol–water partition coefficient (Wildman–Crippen LogP) is 5.45. The Labute approximate surface area is 151 Å². The zero-order chi connectivity index (χ0) is 17.5. The minimum Gasteiger partial charge on any atom is -0.457 e. The Morgan fingerprint density at radius 2 is 1.60 bits per heavy atom. The first-order valence-electron chi connectivity index (χ1n) is 7.81. The van der Waals surface area contributed by atoms with Crippen LogP contribution >= 0.6 is 11.6 Å². The van der Waals surface area contributed by atoms with E-state index in [2.05, 4.69) is 10.6 Å². The summed E-state index contributed by atoms with van der Waals surface area (Å²) in [7, 11) is 0. The summed E-state index contributed by atoms with van der Waals surface area (Å²) in [6.07, 6.45) is 0. The maximum absolute atomic E-state index is 12.0. The van der Waals surface area contributed by atoms with Crippen molar-refractivity contribution in [2.75, 3.05) is 5.32 Å². The number of hydrogen-bond acceptors (Lipinski definition) is 2. The van der Waals surface area contributed by atoms with Crippen molar-refractivity contribution in [1.82, 2.24) is 5.32 Å². The summed E-state index contributed by atoms with van der Waals surface area (Å²) in [5, 5.41) is 6.22. The lowest BCUT2D eigenvalue weighted by Gasteiger charge is -2.09. The quantitative estimate of drug-likeness (QED) is 0.641. The molecule has 0 aliphatic carbocycles. The van der Waals surface area contributed by atoms with E-state index in [9.17, 15) is 4.79 Å². The standard InChI is InChI=1S/C20H17ClN2O2/c21-16-6-4-5-15(13-16)14-22-20(24)23-17-9-11-19(12-10-17)25-18-7-2-1-3-8-18/h1-13H,14H2,(H2,22,23,24). The van der Waals surface area contributed by atoms with E-state index in [-0.39, 0.29) is 6.03 Å². The van der Waals surface area contributed by atoms with Crippen molar-refractivity contribution in [2.24, 2.45) is 0 Å². The molecule has 3 rings (SSSR count). The molecule has 5 heteroatoms. The molecule has 0 aliphatic heterocycles. The summed E-state index contributed by atoms with van der Waals surface area (Å²) in [4.78, 5) is 12.0. The molecule has 0 heterocycles. The molecule has 0 aliphatic rings. The van der Waals surface area contributed by atoms with Gasteiger partial charge in [-0.25, -0.2) is 4.79 Å². The average Bonchev–Trinajstić information content (AvgIpc) is 2.63. The first-order chi connectivity index (χ1) is 12.2. The van der Waals surface area contributed by atoms with Crippen LogP contribution in [0, 0.1) is 0 Å². The molecule has 0 saturated heterocycles. The molecular weight excluding hydrogens is 336 g/mol. The van der Waals surface area contributed by atoms with Crippen molar-refractivity contribution >= 4 is 23.3 Å². The Morgan fingerprint density at radius 3 is 2.32 bits per heavy atom. The number of ether oxygens (including phenoxy) is 1. The molecule has 0 unspecified atom stereocenters. The number of urea groups is 1. The monoisotopic (exact) mass is 352 g/mol. The number of anilines is 1. The number of carbonyl (C=O) groups excluding carboxylic acids is 1. The van der Waals surface area contributed by atoms with Crippen molar-refractivity contribution in [3.05, 3.63) is 89.4 Å². The lowest BCUT2D eigenvalue weighted by molar-refractivity contribution is 0.251. The molecule has 0 bridgehead atoms.